The Morgan fingerprint density at radius 2 is 1.82 bits per heavy atom. The Balaban J connectivity index is 1.71. The first-order chi connectivity index (χ1) is 13.5. The molecular formula is C21H22N2O5. The van der Waals surface area contributed by atoms with E-state index in [0.29, 0.717) is 30.1 Å². The highest BCUT2D eigenvalue weighted by atomic mass is 16.5. The molecule has 0 unspecified atom stereocenters. The predicted octanol–water partition coefficient (Wildman–Crippen LogP) is 3.01. The van der Waals surface area contributed by atoms with Gasteiger partial charge in [0.2, 0.25) is 5.91 Å². The highest BCUT2D eigenvalue weighted by molar-refractivity contribution is 6.04. The summed E-state index contributed by atoms with van der Waals surface area (Å²) < 4.78 is 10.5. The first-order valence-electron chi connectivity index (χ1n) is 9.05. The summed E-state index contributed by atoms with van der Waals surface area (Å²) in [5.74, 6) is -0.653. The fourth-order valence-corrected chi connectivity index (χ4v) is 3.04. The largest absolute Gasteiger partial charge is 0.495 e. The van der Waals surface area contributed by atoms with Gasteiger partial charge < -0.3 is 19.7 Å². The van der Waals surface area contributed by atoms with E-state index in [0.717, 1.165) is 6.42 Å². The zero-order chi connectivity index (χ0) is 20.1. The number of esters is 1. The van der Waals surface area contributed by atoms with Crippen LogP contribution in [0.15, 0.2) is 48.5 Å². The Bertz CT molecular complexity index is 896. The molecule has 0 spiro atoms. The van der Waals surface area contributed by atoms with Gasteiger partial charge in [-0.1, -0.05) is 24.3 Å². The smallest absolute Gasteiger partial charge is 0.341 e. The van der Waals surface area contributed by atoms with E-state index in [1.807, 2.05) is 0 Å². The second kappa shape index (κ2) is 8.56. The lowest BCUT2D eigenvalue weighted by molar-refractivity contribution is -0.123. The minimum absolute atomic E-state index is 0.0257. The van der Waals surface area contributed by atoms with Crippen LogP contribution in [0.4, 0.5) is 11.4 Å². The van der Waals surface area contributed by atoms with Gasteiger partial charge >= 0.3 is 5.97 Å². The van der Waals surface area contributed by atoms with Crippen molar-refractivity contribution in [2.24, 2.45) is 0 Å². The lowest BCUT2D eigenvalue weighted by atomic mass is 10.1. The van der Waals surface area contributed by atoms with Crippen molar-refractivity contribution in [3.63, 3.8) is 0 Å². The summed E-state index contributed by atoms with van der Waals surface area (Å²) in [4.78, 5) is 38.7. The van der Waals surface area contributed by atoms with Crippen LogP contribution in [-0.2, 0) is 14.3 Å². The average Bonchev–Trinajstić information content (AvgIpc) is 3.14. The maximum atomic E-state index is 12.7. The lowest BCUT2D eigenvalue weighted by Gasteiger charge is -2.20. The van der Waals surface area contributed by atoms with Crippen molar-refractivity contribution in [3.05, 3.63) is 54.1 Å². The Hall–Kier alpha value is -3.35. The van der Waals surface area contributed by atoms with E-state index in [-0.39, 0.29) is 11.5 Å². The van der Waals surface area contributed by atoms with Crippen LogP contribution in [-0.4, -0.2) is 37.5 Å². The summed E-state index contributed by atoms with van der Waals surface area (Å²) >= 11 is 0. The standard InChI is InChI=1S/C21H22N2O5/c1-14(20(25)22-16-9-4-6-11-18(16)27-2)28-21(26)15-8-3-5-10-17(15)23-13-7-12-19(23)24/h3-6,8-11,14H,7,12-13H2,1-2H3,(H,22,25)/t14-/m0/s1. The Kier molecular flexibility index (Phi) is 5.93. The highest BCUT2D eigenvalue weighted by Crippen LogP contribution is 2.27. The van der Waals surface area contributed by atoms with E-state index in [4.69, 9.17) is 9.47 Å². The molecule has 1 aliphatic heterocycles. The summed E-state index contributed by atoms with van der Waals surface area (Å²) in [7, 11) is 1.50. The molecule has 0 radical (unpaired) electrons. The van der Waals surface area contributed by atoms with E-state index < -0.39 is 18.0 Å². The number of anilines is 2. The van der Waals surface area contributed by atoms with Crippen LogP contribution in [0.3, 0.4) is 0 Å². The second-order valence-corrected chi connectivity index (χ2v) is 6.40. The first-order valence-corrected chi connectivity index (χ1v) is 9.05. The van der Waals surface area contributed by atoms with Crippen molar-refractivity contribution < 1.29 is 23.9 Å². The van der Waals surface area contributed by atoms with Crippen LogP contribution in [0.5, 0.6) is 5.75 Å². The number of hydrogen-bond acceptors (Lipinski definition) is 5. The summed E-state index contributed by atoms with van der Waals surface area (Å²) in [5.41, 5.74) is 1.25. The number of methoxy groups -OCH3 is 1. The molecule has 7 heteroatoms. The zero-order valence-electron chi connectivity index (χ0n) is 15.8. The van der Waals surface area contributed by atoms with Gasteiger partial charge in [0.05, 0.1) is 24.0 Å². The van der Waals surface area contributed by atoms with Crippen LogP contribution in [0.1, 0.15) is 30.1 Å². The predicted molar refractivity (Wildman–Crippen MR) is 105 cm³/mol. The number of para-hydroxylation sites is 3. The first kappa shape index (κ1) is 19.4. The number of nitrogens with zero attached hydrogens (tertiary/aromatic N) is 1. The topological polar surface area (TPSA) is 84.9 Å². The van der Waals surface area contributed by atoms with Crippen molar-refractivity contribution in [3.8, 4) is 5.75 Å². The Morgan fingerprint density at radius 1 is 1.11 bits per heavy atom. The molecule has 0 bridgehead atoms. The fraction of sp³-hybridized carbons (Fsp3) is 0.286. The second-order valence-electron chi connectivity index (χ2n) is 6.40. The van der Waals surface area contributed by atoms with E-state index in [1.165, 1.54) is 14.0 Å². The van der Waals surface area contributed by atoms with Crippen molar-refractivity contribution in [1.29, 1.82) is 0 Å². The number of benzene rings is 2. The molecule has 0 saturated carbocycles. The van der Waals surface area contributed by atoms with Gasteiger partial charge in [0.1, 0.15) is 5.75 Å². The molecule has 1 fully saturated rings. The molecule has 3 rings (SSSR count). The van der Waals surface area contributed by atoms with Crippen LogP contribution >= 0.6 is 0 Å². The van der Waals surface area contributed by atoms with Gasteiger partial charge in [-0.25, -0.2) is 4.79 Å². The molecular weight excluding hydrogens is 360 g/mol. The summed E-state index contributed by atoms with van der Waals surface area (Å²) in [6, 6.07) is 13.7. The lowest BCUT2D eigenvalue weighted by Crippen LogP contribution is -2.31. The maximum Gasteiger partial charge on any atom is 0.341 e. The van der Waals surface area contributed by atoms with E-state index in [2.05, 4.69) is 5.32 Å². The third-order valence-electron chi connectivity index (χ3n) is 4.51. The van der Waals surface area contributed by atoms with Gasteiger partial charge in [-0.05, 0) is 37.6 Å². The molecule has 0 aromatic heterocycles. The summed E-state index contributed by atoms with van der Waals surface area (Å²) in [6.07, 6.45) is 0.181. The molecule has 0 aliphatic carbocycles. The Labute approximate surface area is 163 Å². The summed E-state index contributed by atoms with van der Waals surface area (Å²) in [5, 5.41) is 2.69. The molecule has 2 aromatic rings. The van der Waals surface area contributed by atoms with Gasteiger partial charge in [0.15, 0.2) is 6.10 Å². The molecule has 28 heavy (non-hydrogen) atoms. The molecule has 1 heterocycles. The Morgan fingerprint density at radius 3 is 2.54 bits per heavy atom. The fourth-order valence-electron chi connectivity index (χ4n) is 3.04. The van der Waals surface area contributed by atoms with Crippen LogP contribution in [0.25, 0.3) is 0 Å². The van der Waals surface area contributed by atoms with Gasteiger partial charge in [0.25, 0.3) is 5.91 Å². The summed E-state index contributed by atoms with van der Waals surface area (Å²) in [6.45, 7) is 2.05. The zero-order valence-corrected chi connectivity index (χ0v) is 15.8. The molecule has 1 atom stereocenters. The van der Waals surface area contributed by atoms with Crippen molar-refractivity contribution in [2.45, 2.75) is 25.9 Å². The highest BCUT2D eigenvalue weighted by Gasteiger charge is 2.27. The normalized spacial score (nSPS) is 14.5. The van der Waals surface area contributed by atoms with Crippen molar-refractivity contribution >= 4 is 29.2 Å². The number of carbonyl (C=O) groups is 3. The molecule has 2 amide bonds. The van der Waals surface area contributed by atoms with Gasteiger partial charge in [-0.15, -0.1) is 0 Å². The molecule has 1 saturated heterocycles. The van der Waals surface area contributed by atoms with Gasteiger partial charge in [0, 0.05) is 13.0 Å². The van der Waals surface area contributed by atoms with Crippen LogP contribution < -0.4 is 15.0 Å². The molecule has 7 nitrogen and oxygen atoms in total. The average molecular weight is 382 g/mol. The number of nitrogens with one attached hydrogen (secondary N) is 1. The molecule has 1 N–H and O–H groups in total. The maximum absolute atomic E-state index is 12.7. The minimum atomic E-state index is -1.03. The van der Waals surface area contributed by atoms with Crippen LogP contribution in [0.2, 0.25) is 0 Å². The monoisotopic (exact) mass is 382 g/mol. The molecule has 1 aliphatic rings. The van der Waals surface area contributed by atoms with E-state index in [1.54, 1.807) is 53.4 Å². The number of ether oxygens (including phenoxy) is 2. The van der Waals surface area contributed by atoms with Gasteiger partial charge in [-0.2, -0.15) is 0 Å². The molecule has 146 valence electrons. The van der Waals surface area contributed by atoms with Gasteiger partial charge in [-0.3, -0.25) is 9.59 Å². The number of carbonyl (C=O) groups excluding carboxylic acids is 3. The van der Waals surface area contributed by atoms with E-state index in [9.17, 15) is 14.4 Å². The number of hydrogen-bond donors (Lipinski definition) is 1. The quantitative estimate of drug-likeness (QED) is 0.777. The van der Waals surface area contributed by atoms with E-state index >= 15 is 0 Å². The third kappa shape index (κ3) is 4.14. The van der Waals surface area contributed by atoms with Crippen LogP contribution in [0, 0.1) is 0 Å². The number of rotatable bonds is 6. The van der Waals surface area contributed by atoms with Crippen molar-refractivity contribution in [2.75, 3.05) is 23.9 Å². The SMILES string of the molecule is COc1ccccc1NC(=O)[C@H](C)OC(=O)c1ccccc1N1CCCC1=O. The van der Waals surface area contributed by atoms with Crippen molar-refractivity contribution in [1.82, 2.24) is 0 Å². The third-order valence-corrected chi connectivity index (χ3v) is 4.51. The minimum Gasteiger partial charge on any atom is -0.495 e. The number of amides is 2. The molecule has 2 aromatic carbocycles.